The third-order valence-electron chi connectivity index (χ3n) is 3.06. The summed E-state index contributed by atoms with van der Waals surface area (Å²) in [4.78, 5) is 6.40. The molecule has 6 heteroatoms. The average molecular weight is 248 g/mol. The van der Waals surface area contributed by atoms with Gasteiger partial charge in [-0.15, -0.1) is 5.10 Å². The van der Waals surface area contributed by atoms with Gasteiger partial charge in [0.05, 0.1) is 19.3 Å². The SMILES string of the molecule is COC[C@H]1CN(c2ccc3nccn3n2)CCO1. The molecule has 18 heavy (non-hydrogen) atoms. The molecule has 2 aromatic rings. The smallest absolute Gasteiger partial charge is 0.153 e. The van der Waals surface area contributed by atoms with Gasteiger partial charge < -0.3 is 14.4 Å². The van der Waals surface area contributed by atoms with E-state index in [1.165, 1.54) is 0 Å². The number of ether oxygens (including phenoxy) is 2. The minimum absolute atomic E-state index is 0.115. The van der Waals surface area contributed by atoms with Crippen LogP contribution in [0.15, 0.2) is 24.5 Å². The van der Waals surface area contributed by atoms with Gasteiger partial charge in [-0.3, -0.25) is 0 Å². The van der Waals surface area contributed by atoms with E-state index in [9.17, 15) is 0 Å². The van der Waals surface area contributed by atoms with Gasteiger partial charge in [-0.05, 0) is 12.1 Å². The summed E-state index contributed by atoms with van der Waals surface area (Å²) >= 11 is 0. The van der Waals surface area contributed by atoms with Crippen molar-refractivity contribution in [3.63, 3.8) is 0 Å². The van der Waals surface area contributed by atoms with E-state index in [1.807, 2.05) is 18.3 Å². The van der Waals surface area contributed by atoms with Crippen molar-refractivity contribution in [1.82, 2.24) is 14.6 Å². The van der Waals surface area contributed by atoms with Crippen LogP contribution in [-0.2, 0) is 9.47 Å². The Morgan fingerprint density at radius 2 is 2.44 bits per heavy atom. The molecule has 3 heterocycles. The number of anilines is 1. The fourth-order valence-electron chi connectivity index (χ4n) is 2.19. The zero-order chi connectivity index (χ0) is 12.4. The van der Waals surface area contributed by atoms with Gasteiger partial charge in [-0.2, -0.15) is 0 Å². The predicted octanol–water partition coefficient (Wildman–Crippen LogP) is 0.581. The van der Waals surface area contributed by atoms with E-state index in [0.717, 1.165) is 24.6 Å². The molecule has 1 aliphatic heterocycles. The second-order valence-electron chi connectivity index (χ2n) is 4.32. The highest BCUT2D eigenvalue weighted by molar-refractivity contribution is 5.46. The van der Waals surface area contributed by atoms with Crippen molar-refractivity contribution < 1.29 is 9.47 Å². The Hall–Kier alpha value is -1.66. The van der Waals surface area contributed by atoms with Crippen LogP contribution in [0.4, 0.5) is 5.82 Å². The van der Waals surface area contributed by atoms with Gasteiger partial charge in [0, 0.05) is 32.6 Å². The molecule has 0 aromatic carbocycles. The second-order valence-corrected chi connectivity index (χ2v) is 4.32. The molecule has 2 aromatic heterocycles. The average Bonchev–Trinajstić information content (AvgIpc) is 2.86. The van der Waals surface area contributed by atoms with Crippen LogP contribution >= 0.6 is 0 Å². The molecule has 1 aliphatic rings. The molecule has 0 spiro atoms. The molecule has 96 valence electrons. The van der Waals surface area contributed by atoms with Gasteiger partial charge in [0.25, 0.3) is 0 Å². The molecular weight excluding hydrogens is 232 g/mol. The highest BCUT2D eigenvalue weighted by Crippen LogP contribution is 2.15. The van der Waals surface area contributed by atoms with E-state index in [1.54, 1.807) is 17.8 Å². The molecule has 6 nitrogen and oxygen atoms in total. The lowest BCUT2D eigenvalue weighted by Gasteiger charge is -2.33. The second kappa shape index (κ2) is 4.91. The molecule has 0 unspecified atom stereocenters. The van der Waals surface area contributed by atoms with E-state index in [2.05, 4.69) is 15.0 Å². The minimum Gasteiger partial charge on any atom is -0.382 e. The van der Waals surface area contributed by atoms with Gasteiger partial charge in [-0.1, -0.05) is 0 Å². The highest BCUT2D eigenvalue weighted by atomic mass is 16.5. The number of morpholine rings is 1. The first-order valence-corrected chi connectivity index (χ1v) is 6.03. The van der Waals surface area contributed by atoms with Crippen LogP contribution in [0.5, 0.6) is 0 Å². The van der Waals surface area contributed by atoms with E-state index in [-0.39, 0.29) is 6.10 Å². The van der Waals surface area contributed by atoms with E-state index < -0.39 is 0 Å². The molecule has 0 saturated carbocycles. The topological polar surface area (TPSA) is 51.9 Å². The first-order valence-electron chi connectivity index (χ1n) is 6.03. The maximum Gasteiger partial charge on any atom is 0.153 e. The van der Waals surface area contributed by atoms with E-state index >= 15 is 0 Å². The van der Waals surface area contributed by atoms with Crippen LogP contribution in [0, 0.1) is 0 Å². The van der Waals surface area contributed by atoms with Crippen LogP contribution in [0.1, 0.15) is 0 Å². The fraction of sp³-hybridized carbons (Fsp3) is 0.500. The lowest BCUT2D eigenvalue weighted by Crippen LogP contribution is -2.44. The normalized spacial score (nSPS) is 20.5. The Morgan fingerprint density at radius 3 is 3.33 bits per heavy atom. The molecule has 3 rings (SSSR count). The molecule has 0 radical (unpaired) electrons. The van der Waals surface area contributed by atoms with Crippen molar-refractivity contribution in [3.8, 4) is 0 Å². The third-order valence-corrected chi connectivity index (χ3v) is 3.06. The van der Waals surface area contributed by atoms with Crippen molar-refractivity contribution in [2.24, 2.45) is 0 Å². The van der Waals surface area contributed by atoms with Crippen LogP contribution in [-0.4, -0.2) is 54.1 Å². The standard InChI is InChI=1S/C12H16N4O2/c1-17-9-10-8-15(6-7-18-10)12-3-2-11-13-4-5-16(11)14-12/h2-5,10H,6-9H2,1H3/t10-/m1/s1. The largest absolute Gasteiger partial charge is 0.382 e. The number of aromatic nitrogens is 3. The Kier molecular flexibility index (Phi) is 3.12. The van der Waals surface area contributed by atoms with Crippen molar-refractivity contribution in [3.05, 3.63) is 24.5 Å². The maximum atomic E-state index is 5.63. The Morgan fingerprint density at radius 1 is 1.50 bits per heavy atom. The first kappa shape index (κ1) is 11.4. The van der Waals surface area contributed by atoms with Crippen LogP contribution in [0.3, 0.4) is 0 Å². The van der Waals surface area contributed by atoms with Gasteiger partial charge in [0.15, 0.2) is 5.65 Å². The number of nitrogens with zero attached hydrogens (tertiary/aromatic N) is 4. The van der Waals surface area contributed by atoms with Crippen LogP contribution in [0.25, 0.3) is 5.65 Å². The van der Waals surface area contributed by atoms with Crippen molar-refractivity contribution >= 4 is 11.5 Å². The molecule has 1 atom stereocenters. The zero-order valence-electron chi connectivity index (χ0n) is 10.3. The van der Waals surface area contributed by atoms with Gasteiger partial charge in [0.2, 0.25) is 0 Å². The number of methoxy groups -OCH3 is 1. The van der Waals surface area contributed by atoms with Crippen LogP contribution in [0.2, 0.25) is 0 Å². The minimum atomic E-state index is 0.115. The monoisotopic (exact) mass is 248 g/mol. The zero-order valence-corrected chi connectivity index (χ0v) is 10.3. The number of imidazole rings is 1. The number of hydrogen-bond donors (Lipinski definition) is 0. The number of rotatable bonds is 3. The lowest BCUT2D eigenvalue weighted by molar-refractivity contribution is -0.0102. The van der Waals surface area contributed by atoms with Crippen LogP contribution < -0.4 is 4.90 Å². The molecule has 0 N–H and O–H groups in total. The van der Waals surface area contributed by atoms with Gasteiger partial charge in [-0.25, -0.2) is 9.50 Å². The number of fused-ring (bicyclic) bond motifs is 1. The highest BCUT2D eigenvalue weighted by Gasteiger charge is 2.21. The number of hydrogen-bond acceptors (Lipinski definition) is 5. The molecule has 0 bridgehead atoms. The van der Waals surface area contributed by atoms with Crippen molar-refractivity contribution in [2.75, 3.05) is 38.3 Å². The summed E-state index contributed by atoms with van der Waals surface area (Å²) in [6.45, 7) is 2.98. The summed E-state index contributed by atoms with van der Waals surface area (Å²) in [6.07, 6.45) is 3.72. The fourth-order valence-corrected chi connectivity index (χ4v) is 2.19. The molecule has 0 aliphatic carbocycles. The maximum absolute atomic E-state index is 5.63. The van der Waals surface area contributed by atoms with Crippen molar-refractivity contribution in [1.29, 1.82) is 0 Å². The Bertz CT molecular complexity index is 526. The van der Waals surface area contributed by atoms with E-state index in [4.69, 9.17) is 9.47 Å². The first-order chi connectivity index (χ1) is 8.86. The summed E-state index contributed by atoms with van der Waals surface area (Å²) < 4.78 is 12.6. The quantitative estimate of drug-likeness (QED) is 0.795. The van der Waals surface area contributed by atoms with E-state index in [0.29, 0.717) is 13.2 Å². The summed E-state index contributed by atoms with van der Waals surface area (Å²) in [5.41, 5.74) is 0.862. The Balaban J connectivity index is 1.80. The summed E-state index contributed by atoms with van der Waals surface area (Å²) in [5.74, 6) is 0.949. The van der Waals surface area contributed by atoms with Gasteiger partial charge in [0.1, 0.15) is 5.82 Å². The molecule has 1 saturated heterocycles. The summed E-state index contributed by atoms with van der Waals surface area (Å²) in [5, 5.41) is 4.54. The third kappa shape index (κ3) is 2.16. The van der Waals surface area contributed by atoms with Crippen molar-refractivity contribution in [2.45, 2.75) is 6.10 Å². The molecule has 1 fully saturated rings. The molecular formula is C12H16N4O2. The summed E-state index contributed by atoms with van der Waals surface area (Å²) in [7, 11) is 1.69. The summed E-state index contributed by atoms with van der Waals surface area (Å²) in [6, 6.07) is 3.97. The molecule has 0 amide bonds. The lowest BCUT2D eigenvalue weighted by atomic mass is 10.3. The Labute approximate surface area is 105 Å². The predicted molar refractivity (Wildman–Crippen MR) is 66.8 cm³/mol. The van der Waals surface area contributed by atoms with Gasteiger partial charge >= 0.3 is 0 Å².